The highest BCUT2D eigenvalue weighted by Gasteiger charge is 2.34. The lowest BCUT2D eigenvalue weighted by atomic mass is 10.0. The molecular weight excluding hydrogens is 425 g/mol. The Morgan fingerprint density at radius 3 is 2.66 bits per heavy atom. The molecule has 32 heavy (non-hydrogen) atoms. The number of pyridine rings is 2. The number of halogens is 3. The molecule has 0 spiro atoms. The average molecular weight is 445 g/mol. The summed E-state index contributed by atoms with van der Waals surface area (Å²) >= 11 is 0. The molecular formula is C22H19F3N4O3. The van der Waals surface area contributed by atoms with Crippen LogP contribution in [0.3, 0.4) is 0 Å². The SMILES string of the molecule is [2H]C(O)C1Nc2cccc(C(=O)Nc3ccc(C(F)(F)F)nc3)c2O[C@@H]1c1ccc(C)cn1. The number of amides is 1. The molecule has 1 aromatic carbocycles. The van der Waals surface area contributed by atoms with Gasteiger partial charge in [-0.1, -0.05) is 12.1 Å². The van der Waals surface area contributed by atoms with Gasteiger partial charge in [-0.15, -0.1) is 0 Å². The van der Waals surface area contributed by atoms with E-state index in [1.54, 1.807) is 24.4 Å². The van der Waals surface area contributed by atoms with Gasteiger partial charge < -0.3 is 20.5 Å². The first-order valence-electron chi connectivity index (χ1n) is 10.1. The van der Waals surface area contributed by atoms with E-state index < -0.39 is 36.5 Å². The van der Waals surface area contributed by atoms with Crippen molar-refractivity contribution in [2.24, 2.45) is 0 Å². The Hall–Kier alpha value is -3.66. The van der Waals surface area contributed by atoms with Gasteiger partial charge in [-0.25, -0.2) is 4.98 Å². The third-order valence-electron chi connectivity index (χ3n) is 4.85. The summed E-state index contributed by atoms with van der Waals surface area (Å²) in [5.41, 5.74) is 0.861. The number of ether oxygens (including phenoxy) is 1. The van der Waals surface area contributed by atoms with Crippen molar-refractivity contribution in [3.05, 3.63) is 77.4 Å². The van der Waals surface area contributed by atoms with Crippen LogP contribution >= 0.6 is 0 Å². The molecule has 1 amide bonds. The minimum Gasteiger partial charge on any atom is -0.479 e. The Labute approximate surface area is 182 Å². The first-order valence-corrected chi connectivity index (χ1v) is 9.57. The Bertz CT molecular complexity index is 1160. The number of benzene rings is 1. The molecule has 4 rings (SSSR count). The summed E-state index contributed by atoms with van der Waals surface area (Å²) in [6.45, 7) is 0.323. The van der Waals surface area contributed by atoms with E-state index in [9.17, 15) is 23.1 Å². The molecule has 0 saturated heterocycles. The number of alkyl halides is 3. The third-order valence-corrected chi connectivity index (χ3v) is 4.85. The van der Waals surface area contributed by atoms with Gasteiger partial charge in [0, 0.05) is 6.20 Å². The van der Waals surface area contributed by atoms with Crippen LogP contribution in [0.1, 0.15) is 34.8 Å². The van der Waals surface area contributed by atoms with Crippen LogP contribution in [0.5, 0.6) is 5.75 Å². The van der Waals surface area contributed by atoms with E-state index in [0.717, 1.165) is 23.9 Å². The summed E-state index contributed by atoms with van der Waals surface area (Å²) in [6.07, 6.45) is -2.91. The van der Waals surface area contributed by atoms with Gasteiger partial charge >= 0.3 is 6.18 Å². The normalized spacial score (nSPS) is 19.1. The zero-order valence-corrected chi connectivity index (χ0v) is 16.7. The lowest BCUT2D eigenvalue weighted by Gasteiger charge is -2.34. The van der Waals surface area contributed by atoms with E-state index in [4.69, 9.17) is 6.11 Å². The van der Waals surface area contributed by atoms with Crippen LogP contribution in [0, 0.1) is 6.92 Å². The predicted molar refractivity (Wildman–Crippen MR) is 110 cm³/mol. The van der Waals surface area contributed by atoms with Gasteiger partial charge in [0.25, 0.3) is 5.91 Å². The number of nitrogens with zero attached hydrogens (tertiary/aromatic N) is 2. The molecule has 7 nitrogen and oxygen atoms in total. The highest BCUT2D eigenvalue weighted by Crippen LogP contribution is 2.39. The highest BCUT2D eigenvalue weighted by atomic mass is 19.4. The molecule has 0 fully saturated rings. The number of aliphatic hydroxyl groups excluding tert-OH is 1. The lowest BCUT2D eigenvalue weighted by molar-refractivity contribution is -0.141. The molecule has 1 aliphatic rings. The second kappa shape index (κ2) is 8.46. The molecule has 3 aromatic rings. The molecule has 1 aliphatic heterocycles. The van der Waals surface area contributed by atoms with Crippen molar-refractivity contribution < 1.29 is 29.2 Å². The van der Waals surface area contributed by atoms with Crippen molar-refractivity contribution in [3.63, 3.8) is 0 Å². The molecule has 3 heterocycles. The largest absolute Gasteiger partial charge is 0.479 e. The molecule has 166 valence electrons. The number of nitrogens with one attached hydrogen (secondary N) is 2. The second-order valence-corrected chi connectivity index (χ2v) is 7.18. The monoisotopic (exact) mass is 445 g/mol. The van der Waals surface area contributed by atoms with Crippen molar-refractivity contribution in [2.75, 3.05) is 17.2 Å². The van der Waals surface area contributed by atoms with E-state index in [-0.39, 0.29) is 17.0 Å². The van der Waals surface area contributed by atoms with E-state index >= 15 is 0 Å². The van der Waals surface area contributed by atoms with Crippen LogP contribution in [0.25, 0.3) is 0 Å². The number of rotatable bonds is 4. The summed E-state index contributed by atoms with van der Waals surface area (Å²) < 4.78 is 52.0. The Balaban J connectivity index is 1.63. The number of aromatic nitrogens is 2. The average Bonchev–Trinajstić information content (AvgIpc) is 2.78. The van der Waals surface area contributed by atoms with Crippen LogP contribution in [0.15, 0.2) is 54.9 Å². The van der Waals surface area contributed by atoms with Gasteiger partial charge in [-0.3, -0.25) is 9.78 Å². The Morgan fingerprint density at radius 1 is 1.22 bits per heavy atom. The first-order chi connectivity index (χ1) is 15.6. The Morgan fingerprint density at radius 2 is 2.03 bits per heavy atom. The number of aliphatic hydroxyl groups is 1. The van der Waals surface area contributed by atoms with Gasteiger partial charge in [-0.05, 0) is 42.8 Å². The molecule has 0 aliphatic carbocycles. The van der Waals surface area contributed by atoms with Crippen LogP contribution in [0.2, 0.25) is 0 Å². The van der Waals surface area contributed by atoms with Gasteiger partial charge in [0.1, 0.15) is 5.69 Å². The van der Waals surface area contributed by atoms with Crippen LogP contribution in [0.4, 0.5) is 24.5 Å². The Kier molecular flexibility index (Phi) is 5.36. The van der Waals surface area contributed by atoms with Crippen molar-refractivity contribution in [2.45, 2.75) is 25.2 Å². The van der Waals surface area contributed by atoms with Crippen molar-refractivity contribution >= 4 is 17.3 Å². The zero-order chi connectivity index (χ0) is 23.8. The molecule has 0 radical (unpaired) electrons. The van der Waals surface area contributed by atoms with E-state index in [1.807, 2.05) is 13.0 Å². The summed E-state index contributed by atoms with van der Waals surface area (Å²) in [6, 6.07) is 9.23. The number of para-hydroxylation sites is 1. The molecule has 2 aromatic heterocycles. The van der Waals surface area contributed by atoms with Crippen molar-refractivity contribution in [1.29, 1.82) is 0 Å². The lowest BCUT2D eigenvalue weighted by Crippen LogP contribution is -2.39. The third kappa shape index (κ3) is 4.35. The number of hydrogen-bond acceptors (Lipinski definition) is 6. The summed E-state index contributed by atoms with van der Waals surface area (Å²) in [5.74, 6) is -0.463. The number of carbonyl (C=O) groups excluding carboxylic acids is 1. The second-order valence-electron chi connectivity index (χ2n) is 7.18. The van der Waals surface area contributed by atoms with E-state index in [1.165, 1.54) is 6.07 Å². The van der Waals surface area contributed by atoms with Crippen LogP contribution in [-0.4, -0.2) is 33.6 Å². The maximum Gasteiger partial charge on any atom is 0.433 e. The number of carbonyl (C=O) groups is 1. The summed E-state index contributed by atoms with van der Waals surface area (Å²) in [7, 11) is 0. The molecule has 0 bridgehead atoms. The minimum absolute atomic E-state index is 0.0746. The fourth-order valence-corrected chi connectivity index (χ4v) is 3.25. The van der Waals surface area contributed by atoms with E-state index in [2.05, 4.69) is 20.6 Å². The smallest absolute Gasteiger partial charge is 0.433 e. The topological polar surface area (TPSA) is 96.4 Å². The fraction of sp³-hybridized carbons (Fsp3) is 0.227. The molecule has 0 saturated carbocycles. The molecule has 3 atom stereocenters. The number of hydrogen-bond donors (Lipinski definition) is 3. The van der Waals surface area contributed by atoms with Crippen molar-refractivity contribution in [1.82, 2.24) is 9.97 Å². The van der Waals surface area contributed by atoms with Gasteiger partial charge in [0.05, 0.1) is 42.8 Å². The molecule has 3 N–H and O–H groups in total. The first kappa shape index (κ1) is 20.3. The van der Waals surface area contributed by atoms with Gasteiger partial charge in [-0.2, -0.15) is 13.2 Å². The number of fused-ring (bicyclic) bond motifs is 1. The quantitative estimate of drug-likeness (QED) is 0.563. The number of anilines is 2. The van der Waals surface area contributed by atoms with Gasteiger partial charge in [0.2, 0.25) is 0 Å². The molecule has 2 unspecified atom stereocenters. The highest BCUT2D eigenvalue weighted by molar-refractivity contribution is 6.07. The maximum atomic E-state index is 12.9. The van der Waals surface area contributed by atoms with Gasteiger partial charge in [0.15, 0.2) is 11.9 Å². The van der Waals surface area contributed by atoms with E-state index in [0.29, 0.717) is 11.4 Å². The summed E-state index contributed by atoms with van der Waals surface area (Å²) in [4.78, 5) is 20.5. The zero-order valence-electron chi connectivity index (χ0n) is 17.7. The van der Waals surface area contributed by atoms with Crippen molar-refractivity contribution in [3.8, 4) is 5.75 Å². The predicted octanol–water partition coefficient (Wildman–Crippen LogP) is 3.96. The number of aryl methyl sites for hydroxylation is 1. The maximum absolute atomic E-state index is 12.9. The van der Waals surface area contributed by atoms with Crippen LogP contribution < -0.4 is 15.4 Å². The fourth-order valence-electron chi connectivity index (χ4n) is 3.25. The molecule has 10 heteroatoms. The van der Waals surface area contributed by atoms with Crippen LogP contribution in [-0.2, 0) is 6.18 Å². The standard InChI is InChI=1S/C22H19F3N4O3/c1-12-5-7-15(26-9-12)20-17(11-30)29-16-4-2-3-14(19(16)32-20)21(31)28-13-6-8-18(27-10-13)22(23,24)25/h2-10,17,20,29-30H,11H2,1H3,(H,28,31)/t17?,20-/m1/s1/i11D/t11?,17?,20-. The summed E-state index contributed by atoms with van der Waals surface area (Å²) in [5, 5.41) is 15.5. The minimum atomic E-state index is -4.58.